The SMILES string of the molecule is CC1(C)CN(Cc2nc(C3CC3)no2)CCC1N. The number of piperidine rings is 1. The van der Waals surface area contributed by atoms with Gasteiger partial charge in [-0.15, -0.1) is 0 Å². The van der Waals surface area contributed by atoms with Gasteiger partial charge in [-0.3, -0.25) is 4.90 Å². The summed E-state index contributed by atoms with van der Waals surface area (Å²) in [6.45, 7) is 7.23. The Morgan fingerprint density at radius 1 is 1.39 bits per heavy atom. The summed E-state index contributed by atoms with van der Waals surface area (Å²) in [5.74, 6) is 2.22. The van der Waals surface area contributed by atoms with Gasteiger partial charge in [-0.05, 0) is 24.7 Å². The standard InChI is InChI=1S/C13H22N4O/c1-13(2)8-17(6-5-10(13)14)7-11-15-12(16-18-11)9-3-4-9/h9-10H,3-8,14H2,1-2H3. The molecule has 1 aromatic heterocycles. The molecule has 3 rings (SSSR count). The van der Waals surface area contributed by atoms with E-state index < -0.39 is 0 Å². The van der Waals surface area contributed by atoms with E-state index in [-0.39, 0.29) is 5.41 Å². The van der Waals surface area contributed by atoms with Crippen LogP contribution in [0.5, 0.6) is 0 Å². The van der Waals surface area contributed by atoms with Gasteiger partial charge in [0.15, 0.2) is 5.82 Å². The van der Waals surface area contributed by atoms with Gasteiger partial charge in [-0.1, -0.05) is 19.0 Å². The topological polar surface area (TPSA) is 68.2 Å². The lowest BCUT2D eigenvalue weighted by Crippen LogP contribution is -2.52. The first-order valence-electron chi connectivity index (χ1n) is 6.85. The zero-order chi connectivity index (χ0) is 12.8. The molecule has 2 aliphatic rings. The largest absolute Gasteiger partial charge is 0.338 e. The molecule has 0 spiro atoms. The third-order valence-electron chi connectivity index (χ3n) is 4.18. The van der Waals surface area contributed by atoms with Crippen molar-refractivity contribution in [1.29, 1.82) is 0 Å². The Hall–Kier alpha value is -0.940. The van der Waals surface area contributed by atoms with Crippen LogP contribution in [0.3, 0.4) is 0 Å². The number of rotatable bonds is 3. The minimum Gasteiger partial charge on any atom is -0.338 e. The zero-order valence-electron chi connectivity index (χ0n) is 11.2. The van der Waals surface area contributed by atoms with Crippen LogP contribution in [0.4, 0.5) is 0 Å². The molecule has 1 saturated heterocycles. The predicted octanol–water partition coefficient (Wildman–Crippen LogP) is 1.51. The van der Waals surface area contributed by atoms with Gasteiger partial charge in [-0.25, -0.2) is 0 Å². The van der Waals surface area contributed by atoms with Gasteiger partial charge < -0.3 is 10.3 Å². The van der Waals surface area contributed by atoms with Crippen LogP contribution in [-0.2, 0) is 6.54 Å². The van der Waals surface area contributed by atoms with E-state index in [1.165, 1.54) is 12.8 Å². The molecule has 1 atom stereocenters. The van der Waals surface area contributed by atoms with Crippen LogP contribution in [0.1, 0.15) is 50.7 Å². The average molecular weight is 250 g/mol. The molecule has 100 valence electrons. The van der Waals surface area contributed by atoms with Crippen LogP contribution in [0.15, 0.2) is 4.52 Å². The molecule has 0 aromatic carbocycles. The van der Waals surface area contributed by atoms with Gasteiger partial charge in [0.1, 0.15) is 0 Å². The van der Waals surface area contributed by atoms with Gasteiger partial charge in [0.25, 0.3) is 0 Å². The highest BCUT2D eigenvalue weighted by molar-refractivity contribution is 5.03. The summed E-state index contributed by atoms with van der Waals surface area (Å²) in [4.78, 5) is 6.85. The molecule has 5 nitrogen and oxygen atoms in total. The van der Waals surface area contributed by atoms with Crippen LogP contribution in [0.25, 0.3) is 0 Å². The van der Waals surface area contributed by atoms with Crippen molar-refractivity contribution < 1.29 is 4.52 Å². The highest BCUT2D eigenvalue weighted by atomic mass is 16.5. The first kappa shape index (κ1) is 12.1. The van der Waals surface area contributed by atoms with E-state index in [1.807, 2.05) is 0 Å². The second-order valence-corrected chi connectivity index (χ2v) is 6.41. The molecule has 1 aliphatic heterocycles. The quantitative estimate of drug-likeness (QED) is 0.880. The summed E-state index contributed by atoms with van der Waals surface area (Å²) in [5, 5.41) is 4.06. The van der Waals surface area contributed by atoms with Crippen molar-refractivity contribution in [3.05, 3.63) is 11.7 Å². The van der Waals surface area contributed by atoms with Gasteiger partial charge in [0, 0.05) is 25.0 Å². The van der Waals surface area contributed by atoms with Crippen molar-refractivity contribution in [2.24, 2.45) is 11.1 Å². The molecular formula is C13H22N4O. The second-order valence-electron chi connectivity index (χ2n) is 6.41. The lowest BCUT2D eigenvalue weighted by atomic mass is 9.80. The molecule has 1 aromatic rings. The van der Waals surface area contributed by atoms with E-state index in [1.54, 1.807) is 0 Å². The normalized spacial score (nSPS) is 28.5. The fourth-order valence-corrected chi connectivity index (χ4v) is 2.65. The maximum atomic E-state index is 6.14. The molecule has 2 N–H and O–H groups in total. The Balaban J connectivity index is 1.61. The maximum Gasteiger partial charge on any atom is 0.240 e. The van der Waals surface area contributed by atoms with E-state index in [9.17, 15) is 0 Å². The summed E-state index contributed by atoms with van der Waals surface area (Å²) in [6, 6.07) is 0.290. The highest BCUT2D eigenvalue weighted by Crippen LogP contribution is 2.38. The average Bonchev–Trinajstić information content (AvgIpc) is 3.05. The minimum absolute atomic E-state index is 0.164. The molecule has 0 bridgehead atoms. The van der Waals surface area contributed by atoms with E-state index in [0.29, 0.717) is 12.0 Å². The third-order valence-corrected chi connectivity index (χ3v) is 4.18. The van der Waals surface area contributed by atoms with E-state index in [4.69, 9.17) is 10.3 Å². The molecule has 1 aliphatic carbocycles. The predicted molar refractivity (Wildman–Crippen MR) is 67.9 cm³/mol. The molecule has 1 saturated carbocycles. The third kappa shape index (κ3) is 2.42. The lowest BCUT2D eigenvalue weighted by Gasteiger charge is -2.42. The fourth-order valence-electron chi connectivity index (χ4n) is 2.65. The second kappa shape index (κ2) is 4.31. The molecule has 0 radical (unpaired) electrons. The molecule has 1 unspecified atom stereocenters. The Morgan fingerprint density at radius 3 is 2.83 bits per heavy atom. The van der Waals surface area contributed by atoms with Crippen LogP contribution in [0.2, 0.25) is 0 Å². The molecule has 2 heterocycles. The molecule has 18 heavy (non-hydrogen) atoms. The Labute approximate surface area is 108 Å². The molecule has 5 heteroatoms. The molecular weight excluding hydrogens is 228 g/mol. The first-order chi connectivity index (χ1) is 8.54. The van der Waals surface area contributed by atoms with Crippen molar-refractivity contribution in [1.82, 2.24) is 15.0 Å². The van der Waals surface area contributed by atoms with Crippen molar-refractivity contribution >= 4 is 0 Å². The smallest absolute Gasteiger partial charge is 0.240 e. The van der Waals surface area contributed by atoms with Crippen LogP contribution >= 0.6 is 0 Å². The van der Waals surface area contributed by atoms with Crippen LogP contribution in [-0.4, -0.2) is 34.2 Å². The highest BCUT2D eigenvalue weighted by Gasteiger charge is 2.34. The van der Waals surface area contributed by atoms with Gasteiger partial charge in [0.05, 0.1) is 6.54 Å². The first-order valence-corrected chi connectivity index (χ1v) is 6.85. The zero-order valence-corrected chi connectivity index (χ0v) is 11.2. The number of nitrogens with zero attached hydrogens (tertiary/aromatic N) is 3. The van der Waals surface area contributed by atoms with Crippen LogP contribution < -0.4 is 5.73 Å². The van der Waals surface area contributed by atoms with Gasteiger partial charge >= 0.3 is 0 Å². The van der Waals surface area contributed by atoms with Crippen molar-refractivity contribution in [3.8, 4) is 0 Å². The summed E-state index contributed by atoms with van der Waals surface area (Å²) in [7, 11) is 0. The molecule has 0 amide bonds. The van der Waals surface area contributed by atoms with Crippen molar-refractivity contribution in [2.45, 2.75) is 51.6 Å². The monoisotopic (exact) mass is 250 g/mol. The number of nitrogens with two attached hydrogens (primary N) is 1. The van der Waals surface area contributed by atoms with Gasteiger partial charge in [0.2, 0.25) is 5.89 Å². The Bertz CT molecular complexity index is 424. The van der Waals surface area contributed by atoms with Gasteiger partial charge in [-0.2, -0.15) is 4.98 Å². The summed E-state index contributed by atoms with van der Waals surface area (Å²) in [5.41, 5.74) is 6.31. The minimum atomic E-state index is 0.164. The summed E-state index contributed by atoms with van der Waals surface area (Å²) < 4.78 is 5.33. The fraction of sp³-hybridized carbons (Fsp3) is 0.846. The van der Waals surface area contributed by atoms with Crippen molar-refractivity contribution in [2.75, 3.05) is 13.1 Å². The maximum absolute atomic E-state index is 6.14. The summed E-state index contributed by atoms with van der Waals surface area (Å²) in [6.07, 6.45) is 3.46. The number of hydrogen-bond acceptors (Lipinski definition) is 5. The van der Waals surface area contributed by atoms with Crippen LogP contribution in [0, 0.1) is 5.41 Å². The molecule has 2 fully saturated rings. The number of likely N-dealkylation sites (tertiary alicyclic amines) is 1. The lowest BCUT2D eigenvalue weighted by molar-refractivity contribution is 0.0811. The van der Waals surface area contributed by atoms with E-state index in [2.05, 4.69) is 28.9 Å². The Morgan fingerprint density at radius 2 is 2.17 bits per heavy atom. The summed E-state index contributed by atoms with van der Waals surface area (Å²) >= 11 is 0. The number of hydrogen-bond donors (Lipinski definition) is 1. The number of aromatic nitrogens is 2. The van der Waals surface area contributed by atoms with E-state index >= 15 is 0 Å². The Kier molecular flexibility index (Phi) is 2.90. The van der Waals surface area contributed by atoms with Crippen molar-refractivity contribution in [3.63, 3.8) is 0 Å². The van der Waals surface area contributed by atoms with E-state index in [0.717, 1.165) is 37.8 Å².